The lowest BCUT2D eigenvalue weighted by molar-refractivity contribution is 1.08. The molecular weight excluding hydrogens is 567 g/mol. The van der Waals surface area contributed by atoms with E-state index in [1.54, 1.807) is 0 Å². The Kier molecular flexibility index (Phi) is 6.00. The standard InChI is InChI=1S/C41H25N3S/c1-3-11-26(12-4-1)29-16-9-17-31(23-29)40-42-39(28-14-5-2-6-15-28)43-41(44-40)33-19-10-20-36-38(33)35-25-34-30(24-37(35)45-36)22-21-27-13-7-8-18-32(27)34/h1-25H. The number of aromatic nitrogens is 3. The Morgan fingerprint density at radius 3 is 1.84 bits per heavy atom. The molecule has 0 aliphatic heterocycles. The summed E-state index contributed by atoms with van der Waals surface area (Å²) < 4.78 is 2.48. The molecule has 210 valence electrons. The van der Waals surface area contributed by atoms with Crippen LogP contribution in [0.4, 0.5) is 0 Å². The van der Waals surface area contributed by atoms with Gasteiger partial charge < -0.3 is 0 Å². The van der Waals surface area contributed by atoms with Crippen molar-refractivity contribution in [1.82, 2.24) is 15.0 Å². The Morgan fingerprint density at radius 2 is 1.00 bits per heavy atom. The van der Waals surface area contributed by atoms with E-state index in [9.17, 15) is 0 Å². The molecule has 7 aromatic carbocycles. The molecule has 2 heterocycles. The maximum Gasteiger partial charge on any atom is 0.164 e. The Morgan fingerprint density at radius 1 is 0.356 bits per heavy atom. The first-order chi connectivity index (χ1) is 22.3. The van der Waals surface area contributed by atoms with Crippen molar-refractivity contribution in [3.63, 3.8) is 0 Å². The maximum atomic E-state index is 5.17. The topological polar surface area (TPSA) is 38.7 Å². The summed E-state index contributed by atoms with van der Waals surface area (Å²) in [5.74, 6) is 1.99. The Balaban J connectivity index is 1.30. The third kappa shape index (κ3) is 4.46. The van der Waals surface area contributed by atoms with Crippen LogP contribution in [0.5, 0.6) is 0 Å². The molecule has 45 heavy (non-hydrogen) atoms. The second-order valence-corrected chi connectivity index (χ2v) is 12.3. The van der Waals surface area contributed by atoms with E-state index in [2.05, 4.69) is 127 Å². The molecule has 0 aliphatic carbocycles. The number of benzene rings is 7. The highest BCUT2D eigenvalue weighted by Gasteiger charge is 2.18. The van der Waals surface area contributed by atoms with Gasteiger partial charge >= 0.3 is 0 Å². The van der Waals surface area contributed by atoms with Gasteiger partial charge in [0.15, 0.2) is 17.5 Å². The van der Waals surface area contributed by atoms with E-state index < -0.39 is 0 Å². The number of rotatable bonds is 4. The van der Waals surface area contributed by atoms with Crippen LogP contribution < -0.4 is 0 Å². The van der Waals surface area contributed by atoms with Crippen molar-refractivity contribution in [2.75, 3.05) is 0 Å². The zero-order valence-electron chi connectivity index (χ0n) is 24.2. The number of thiophene rings is 1. The summed E-state index contributed by atoms with van der Waals surface area (Å²) in [6.45, 7) is 0. The molecule has 0 radical (unpaired) electrons. The zero-order chi connectivity index (χ0) is 29.7. The Labute approximate surface area is 264 Å². The lowest BCUT2D eigenvalue weighted by Crippen LogP contribution is -2.00. The molecule has 0 fully saturated rings. The van der Waals surface area contributed by atoms with Crippen molar-refractivity contribution in [3.05, 3.63) is 152 Å². The second-order valence-electron chi connectivity index (χ2n) is 11.3. The van der Waals surface area contributed by atoms with Crippen LogP contribution in [0.15, 0.2) is 152 Å². The summed E-state index contributed by atoms with van der Waals surface area (Å²) in [6, 6.07) is 53.3. The molecule has 0 saturated carbocycles. The summed E-state index contributed by atoms with van der Waals surface area (Å²) in [5.41, 5.74) is 5.21. The lowest BCUT2D eigenvalue weighted by atomic mass is 9.98. The quantitative estimate of drug-likeness (QED) is 0.191. The minimum atomic E-state index is 0.657. The molecule has 0 unspecified atom stereocenters. The van der Waals surface area contributed by atoms with Gasteiger partial charge in [-0.2, -0.15) is 0 Å². The van der Waals surface area contributed by atoms with Gasteiger partial charge in [-0.1, -0.05) is 127 Å². The Bertz CT molecular complexity index is 2540. The van der Waals surface area contributed by atoms with Crippen LogP contribution in [0.25, 0.3) is 87.0 Å². The van der Waals surface area contributed by atoms with Gasteiger partial charge in [0.1, 0.15) is 0 Å². The molecule has 3 nitrogen and oxygen atoms in total. The Hall–Kier alpha value is -5.71. The van der Waals surface area contributed by atoms with Crippen LogP contribution in [-0.2, 0) is 0 Å². The van der Waals surface area contributed by atoms with E-state index >= 15 is 0 Å². The first-order valence-corrected chi connectivity index (χ1v) is 15.8. The molecule has 4 heteroatoms. The highest BCUT2D eigenvalue weighted by Crippen LogP contribution is 2.42. The fourth-order valence-electron chi connectivity index (χ4n) is 6.32. The summed E-state index contributed by atoms with van der Waals surface area (Å²) >= 11 is 1.82. The van der Waals surface area contributed by atoms with Crippen molar-refractivity contribution < 1.29 is 0 Å². The highest BCUT2D eigenvalue weighted by molar-refractivity contribution is 7.26. The minimum absolute atomic E-state index is 0.657. The van der Waals surface area contributed by atoms with Gasteiger partial charge in [0.25, 0.3) is 0 Å². The van der Waals surface area contributed by atoms with E-state index in [-0.39, 0.29) is 0 Å². The van der Waals surface area contributed by atoms with Crippen molar-refractivity contribution in [1.29, 1.82) is 0 Å². The molecule has 0 saturated heterocycles. The monoisotopic (exact) mass is 591 g/mol. The van der Waals surface area contributed by atoms with E-state index in [0.717, 1.165) is 27.8 Å². The van der Waals surface area contributed by atoms with E-state index in [4.69, 9.17) is 15.0 Å². The zero-order valence-corrected chi connectivity index (χ0v) is 25.0. The lowest BCUT2D eigenvalue weighted by Gasteiger charge is -2.11. The third-order valence-corrected chi connectivity index (χ3v) is 9.61. The minimum Gasteiger partial charge on any atom is -0.208 e. The largest absolute Gasteiger partial charge is 0.208 e. The highest BCUT2D eigenvalue weighted by atomic mass is 32.1. The van der Waals surface area contributed by atoms with Crippen LogP contribution in [0.2, 0.25) is 0 Å². The molecule has 0 spiro atoms. The van der Waals surface area contributed by atoms with Crippen molar-refractivity contribution >= 4 is 53.1 Å². The summed E-state index contributed by atoms with van der Waals surface area (Å²) in [6.07, 6.45) is 0. The molecule has 0 atom stereocenters. The van der Waals surface area contributed by atoms with Crippen molar-refractivity contribution in [2.24, 2.45) is 0 Å². The second kappa shape index (κ2) is 10.5. The van der Waals surface area contributed by atoms with Gasteiger partial charge in [-0.25, -0.2) is 15.0 Å². The van der Waals surface area contributed by atoms with Gasteiger partial charge in [-0.05, 0) is 56.9 Å². The smallest absolute Gasteiger partial charge is 0.164 e. The predicted molar refractivity (Wildman–Crippen MR) is 189 cm³/mol. The average molecular weight is 592 g/mol. The SMILES string of the molecule is c1ccc(-c2cccc(-c3nc(-c4ccccc4)nc(-c4cccc5sc6cc7ccc8ccccc8c7cc6c45)n3)c2)cc1. The molecular formula is C41H25N3S. The summed E-state index contributed by atoms with van der Waals surface area (Å²) in [4.78, 5) is 15.3. The molecule has 9 rings (SSSR count). The molecule has 0 bridgehead atoms. The van der Waals surface area contributed by atoms with Crippen LogP contribution in [-0.4, -0.2) is 15.0 Å². The average Bonchev–Trinajstić information content (AvgIpc) is 3.49. The predicted octanol–water partition coefficient (Wildman–Crippen LogP) is 11.2. The van der Waals surface area contributed by atoms with Crippen molar-refractivity contribution in [2.45, 2.75) is 0 Å². The molecule has 2 aromatic heterocycles. The molecule has 0 amide bonds. The van der Waals surface area contributed by atoms with E-state index in [1.807, 2.05) is 35.6 Å². The fraction of sp³-hybridized carbons (Fsp3) is 0. The number of hydrogen-bond donors (Lipinski definition) is 0. The van der Waals surface area contributed by atoms with Crippen molar-refractivity contribution in [3.8, 4) is 45.3 Å². The first kappa shape index (κ1) is 25.8. The fourth-order valence-corrected chi connectivity index (χ4v) is 7.49. The van der Waals surface area contributed by atoms with Gasteiger partial charge in [0.2, 0.25) is 0 Å². The third-order valence-electron chi connectivity index (χ3n) is 8.50. The number of hydrogen-bond acceptors (Lipinski definition) is 4. The molecule has 0 N–H and O–H groups in total. The van der Waals surface area contributed by atoms with E-state index in [0.29, 0.717) is 17.5 Å². The normalized spacial score (nSPS) is 11.6. The maximum absolute atomic E-state index is 5.17. The summed E-state index contributed by atoms with van der Waals surface area (Å²) in [5, 5.41) is 7.43. The van der Waals surface area contributed by atoms with E-state index in [1.165, 1.54) is 41.7 Å². The number of nitrogens with zero attached hydrogens (tertiary/aromatic N) is 3. The van der Waals surface area contributed by atoms with Gasteiger partial charge in [0.05, 0.1) is 0 Å². The van der Waals surface area contributed by atoms with Gasteiger partial charge in [-0.3, -0.25) is 0 Å². The van der Waals surface area contributed by atoms with Crippen LogP contribution >= 0.6 is 11.3 Å². The molecule has 9 aromatic rings. The summed E-state index contributed by atoms with van der Waals surface area (Å²) in [7, 11) is 0. The number of fused-ring (bicyclic) bond motifs is 6. The van der Waals surface area contributed by atoms with Crippen LogP contribution in [0.1, 0.15) is 0 Å². The van der Waals surface area contributed by atoms with Crippen LogP contribution in [0.3, 0.4) is 0 Å². The van der Waals surface area contributed by atoms with Gasteiger partial charge in [0, 0.05) is 36.9 Å². The molecule has 0 aliphatic rings. The van der Waals surface area contributed by atoms with Crippen LogP contribution in [0, 0.1) is 0 Å². The first-order valence-electron chi connectivity index (χ1n) is 15.0. The van der Waals surface area contributed by atoms with Gasteiger partial charge in [-0.15, -0.1) is 11.3 Å².